The highest BCUT2D eigenvalue weighted by Gasteiger charge is 2.15. The summed E-state index contributed by atoms with van der Waals surface area (Å²) in [4.78, 5) is 22.6. The number of hydrogen-bond donors (Lipinski definition) is 3. The Kier molecular flexibility index (Phi) is 5.37. The van der Waals surface area contributed by atoms with Crippen LogP contribution in [-0.4, -0.2) is 36.4 Å². The van der Waals surface area contributed by atoms with Crippen molar-refractivity contribution in [2.75, 3.05) is 18.5 Å². The molecule has 3 N–H and O–H groups in total. The molecule has 1 saturated heterocycles. The number of anilines is 1. The summed E-state index contributed by atoms with van der Waals surface area (Å²) in [6, 6.07) is 1.09. The summed E-state index contributed by atoms with van der Waals surface area (Å²) in [5.41, 5.74) is 0.112. The van der Waals surface area contributed by atoms with Crippen molar-refractivity contribution < 1.29 is 19.4 Å². The topological polar surface area (TPSA) is 87.7 Å². The lowest BCUT2D eigenvalue weighted by atomic mass is 10.1. The SMILES string of the molecule is O=C(NCCC1CCCCO1)Nc1sccc1C(=O)O. The summed E-state index contributed by atoms with van der Waals surface area (Å²) in [5, 5.41) is 16.2. The maximum absolute atomic E-state index is 11.7. The zero-order valence-electron chi connectivity index (χ0n) is 11.1. The van der Waals surface area contributed by atoms with Crippen LogP contribution in [0.4, 0.5) is 9.80 Å². The molecule has 0 saturated carbocycles. The van der Waals surface area contributed by atoms with Gasteiger partial charge in [-0.25, -0.2) is 9.59 Å². The summed E-state index contributed by atoms with van der Waals surface area (Å²) in [5.74, 6) is -1.04. The Hall–Kier alpha value is -1.60. The summed E-state index contributed by atoms with van der Waals surface area (Å²) in [6.07, 6.45) is 4.33. The minimum Gasteiger partial charge on any atom is -0.478 e. The molecule has 2 amide bonds. The smallest absolute Gasteiger partial charge is 0.338 e. The van der Waals surface area contributed by atoms with Crippen LogP contribution in [0.2, 0.25) is 0 Å². The second kappa shape index (κ2) is 7.25. The molecule has 0 spiro atoms. The monoisotopic (exact) mass is 298 g/mol. The minimum atomic E-state index is -1.04. The molecule has 0 aliphatic carbocycles. The molecule has 2 rings (SSSR count). The van der Waals surface area contributed by atoms with Gasteiger partial charge >= 0.3 is 12.0 Å². The Balaban J connectivity index is 1.72. The van der Waals surface area contributed by atoms with Crippen molar-refractivity contribution in [1.29, 1.82) is 0 Å². The van der Waals surface area contributed by atoms with E-state index >= 15 is 0 Å². The number of urea groups is 1. The van der Waals surface area contributed by atoms with Gasteiger partial charge in [-0.15, -0.1) is 11.3 Å². The quantitative estimate of drug-likeness (QED) is 0.779. The first-order valence-corrected chi connectivity index (χ1v) is 7.52. The van der Waals surface area contributed by atoms with E-state index < -0.39 is 5.97 Å². The van der Waals surface area contributed by atoms with Crippen LogP contribution in [-0.2, 0) is 4.74 Å². The van der Waals surface area contributed by atoms with Crippen molar-refractivity contribution in [3.63, 3.8) is 0 Å². The fourth-order valence-corrected chi connectivity index (χ4v) is 2.88. The zero-order chi connectivity index (χ0) is 14.4. The number of carboxylic acid groups (broad SMARTS) is 1. The molecule has 1 aromatic rings. The van der Waals surface area contributed by atoms with Crippen molar-refractivity contribution >= 4 is 28.3 Å². The van der Waals surface area contributed by atoms with Gasteiger partial charge in [0.15, 0.2) is 0 Å². The number of hydrogen-bond acceptors (Lipinski definition) is 4. The first kappa shape index (κ1) is 14.8. The molecule has 7 heteroatoms. The number of aromatic carboxylic acids is 1. The molecule has 1 aliphatic heterocycles. The highest BCUT2D eigenvalue weighted by molar-refractivity contribution is 7.14. The molecule has 1 aromatic heterocycles. The van der Waals surface area contributed by atoms with Crippen LogP contribution < -0.4 is 10.6 Å². The molecule has 1 fully saturated rings. The number of rotatable bonds is 5. The largest absolute Gasteiger partial charge is 0.478 e. The molecule has 1 atom stereocenters. The van der Waals surface area contributed by atoms with Crippen LogP contribution in [0, 0.1) is 0 Å². The van der Waals surface area contributed by atoms with Gasteiger partial charge in [0.25, 0.3) is 0 Å². The Morgan fingerprint density at radius 1 is 1.45 bits per heavy atom. The average molecular weight is 298 g/mol. The van der Waals surface area contributed by atoms with Crippen molar-refractivity contribution in [3.8, 4) is 0 Å². The van der Waals surface area contributed by atoms with E-state index in [0.29, 0.717) is 11.5 Å². The van der Waals surface area contributed by atoms with E-state index in [1.807, 2.05) is 0 Å². The molecule has 110 valence electrons. The van der Waals surface area contributed by atoms with Crippen LogP contribution in [0.3, 0.4) is 0 Å². The lowest BCUT2D eigenvalue weighted by molar-refractivity contribution is 0.0120. The van der Waals surface area contributed by atoms with Crippen molar-refractivity contribution in [3.05, 3.63) is 17.0 Å². The van der Waals surface area contributed by atoms with Crippen molar-refractivity contribution in [2.45, 2.75) is 31.8 Å². The van der Waals surface area contributed by atoms with E-state index in [1.54, 1.807) is 5.38 Å². The van der Waals surface area contributed by atoms with E-state index in [0.717, 1.165) is 25.9 Å². The van der Waals surface area contributed by atoms with Gasteiger partial charge in [0.2, 0.25) is 0 Å². The predicted molar refractivity (Wildman–Crippen MR) is 76.5 cm³/mol. The van der Waals surface area contributed by atoms with Crippen LogP contribution in [0.15, 0.2) is 11.4 Å². The molecule has 2 heterocycles. The molecular weight excluding hydrogens is 280 g/mol. The third-order valence-electron chi connectivity index (χ3n) is 3.15. The van der Waals surface area contributed by atoms with E-state index in [9.17, 15) is 9.59 Å². The maximum atomic E-state index is 11.7. The molecule has 1 unspecified atom stereocenters. The van der Waals surface area contributed by atoms with E-state index in [2.05, 4.69) is 10.6 Å². The van der Waals surface area contributed by atoms with E-state index in [4.69, 9.17) is 9.84 Å². The molecule has 0 radical (unpaired) electrons. The highest BCUT2D eigenvalue weighted by atomic mass is 32.1. The molecule has 0 aromatic carbocycles. The van der Waals surface area contributed by atoms with Gasteiger partial charge < -0.3 is 15.2 Å². The van der Waals surface area contributed by atoms with Gasteiger partial charge in [0.1, 0.15) is 5.00 Å². The van der Waals surface area contributed by atoms with Crippen molar-refractivity contribution in [1.82, 2.24) is 5.32 Å². The molecular formula is C13H18N2O4S. The summed E-state index contributed by atoms with van der Waals surface area (Å²) in [7, 11) is 0. The Morgan fingerprint density at radius 2 is 2.30 bits per heavy atom. The third-order valence-corrected chi connectivity index (χ3v) is 3.98. The first-order chi connectivity index (χ1) is 9.66. The predicted octanol–water partition coefficient (Wildman–Crippen LogP) is 2.53. The van der Waals surface area contributed by atoms with Crippen molar-refractivity contribution in [2.24, 2.45) is 0 Å². The number of thiophene rings is 1. The second-order valence-corrected chi connectivity index (χ2v) is 5.54. The van der Waals surface area contributed by atoms with E-state index in [-0.39, 0.29) is 17.7 Å². The van der Waals surface area contributed by atoms with Gasteiger partial charge in [-0.1, -0.05) is 0 Å². The number of amides is 2. The molecule has 6 nitrogen and oxygen atoms in total. The van der Waals surface area contributed by atoms with E-state index in [1.165, 1.54) is 23.8 Å². The fraction of sp³-hybridized carbons (Fsp3) is 0.538. The first-order valence-electron chi connectivity index (χ1n) is 6.64. The highest BCUT2D eigenvalue weighted by Crippen LogP contribution is 2.22. The van der Waals surface area contributed by atoms with Crippen LogP contribution in [0.5, 0.6) is 0 Å². The van der Waals surface area contributed by atoms with Gasteiger partial charge in [-0.2, -0.15) is 0 Å². The lowest BCUT2D eigenvalue weighted by Gasteiger charge is -2.22. The summed E-state index contributed by atoms with van der Waals surface area (Å²) in [6.45, 7) is 1.32. The fourth-order valence-electron chi connectivity index (χ4n) is 2.10. The second-order valence-electron chi connectivity index (χ2n) is 4.63. The Bertz CT molecular complexity index is 469. The number of carbonyl (C=O) groups is 2. The maximum Gasteiger partial charge on any atom is 0.338 e. The van der Waals surface area contributed by atoms with Crippen LogP contribution in [0.25, 0.3) is 0 Å². The zero-order valence-corrected chi connectivity index (χ0v) is 11.9. The number of carbonyl (C=O) groups excluding carboxylic acids is 1. The Morgan fingerprint density at radius 3 is 3.00 bits per heavy atom. The summed E-state index contributed by atoms with van der Waals surface area (Å²) >= 11 is 1.19. The lowest BCUT2D eigenvalue weighted by Crippen LogP contribution is -2.32. The van der Waals surface area contributed by atoms with Gasteiger partial charge in [0, 0.05) is 13.2 Å². The molecule has 20 heavy (non-hydrogen) atoms. The number of ether oxygens (including phenoxy) is 1. The normalized spacial score (nSPS) is 18.5. The number of nitrogens with one attached hydrogen (secondary N) is 2. The standard InChI is InChI=1S/C13H18N2O4S/c16-12(17)10-5-8-20-11(10)15-13(18)14-6-4-9-3-1-2-7-19-9/h5,8-9H,1-4,6-7H2,(H,16,17)(H2,14,15,18). The van der Waals surface area contributed by atoms with Gasteiger partial charge in [-0.05, 0) is 37.1 Å². The van der Waals surface area contributed by atoms with Crippen LogP contribution in [0.1, 0.15) is 36.0 Å². The molecule has 1 aliphatic rings. The van der Waals surface area contributed by atoms with Gasteiger partial charge in [-0.3, -0.25) is 5.32 Å². The molecule has 0 bridgehead atoms. The minimum absolute atomic E-state index is 0.112. The third kappa shape index (κ3) is 4.21. The average Bonchev–Trinajstić information content (AvgIpc) is 2.88. The summed E-state index contributed by atoms with van der Waals surface area (Å²) < 4.78 is 5.57. The Labute approximate surface area is 121 Å². The van der Waals surface area contributed by atoms with Crippen LogP contribution >= 0.6 is 11.3 Å². The van der Waals surface area contributed by atoms with Gasteiger partial charge in [0.05, 0.1) is 11.7 Å². The number of carboxylic acids is 1.